The Morgan fingerprint density at radius 3 is 1.82 bits per heavy atom. The van der Waals surface area contributed by atoms with Gasteiger partial charge in [-0.2, -0.15) is 0 Å². The summed E-state index contributed by atoms with van der Waals surface area (Å²) in [6.07, 6.45) is 0. The van der Waals surface area contributed by atoms with E-state index in [1.165, 1.54) is 81.4 Å². The first-order valence-electron chi connectivity index (χ1n) is 19.2. The minimum atomic E-state index is 0.715. The van der Waals surface area contributed by atoms with Crippen molar-refractivity contribution in [2.24, 2.45) is 0 Å². The Balaban J connectivity index is 1.05. The summed E-state index contributed by atoms with van der Waals surface area (Å²) < 4.78 is 4.94. The average Bonchev–Trinajstić information content (AvgIpc) is 3.89. The Labute approximate surface area is 320 Å². The second kappa shape index (κ2) is 11.0. The number of para-hydroxylation sites is 3. The van der Waals surface area contributed by atoms with Crippen molar-refractivity contribution in [1.29, 1.82) is 0 Å². The highest BCUT2D eigenvalue weighted by molar-refractivity contribution is 6.36. The van der Waals surface area contributed by atoms with Crippen molar-refractivity contribution in [3.63, 3.8) is 0 Å². The first kappa shape index (κ1) is 29.8. The van der Waals surface area contributed by atoms with Gasteiger partial charge in [0.05, 0.1) is 38.8 Å². The van der Waals surface area contributed by atoms with E-state index in [9.17, 15) is 0 Å². The molecule has 258 valence electrons. The zero-order valence-electron chi connectivity index (χ0n) is 30.1. The summed E-state index contributed by atoms with van der Waals surface area (Å²) in [6.45, 7) is 0. The van der Waals surface area contributed by atoms with Crippen molar-refractivity contribution in [3.05, 3.63) is 182 Å². The molecule has 4 nitrogen and oxygen atoms in total. The number of hydrogen-bond donors (Lipinski definition) is 0. The molecule has 0 atom stereocenters. The van der Waals surface area contributed by atoms with Gasteiger partial charge in [-0.1, -0.05) is 115 Å². The van der Waals surface area contributed by atoms with Crippen LogP contribution in [0.15, 0.2) is 182 Å². The van der Waals surface area contributed by atoms with Gasteiger partial charge in [-0.05, 0) is 88.3 Å². The number of aromatic nitrogens is 4. The van der Waals surface area contributed by atoms with Crippen molar-refractivity contribution in [3.8, 4) is 28.3 Å². The molecule has 0 bridgehead atoms. The van der Waals surface area contributed by atoms with Crippen LogP contribution >= 0.6 is 0 Å². The van der Waals surface area contributed by atoms with E-state index in [1.807, 2.05) is 0 Å². The van der Waals surface area contributed by atoms with Gasteiger partial charge in [0.1, 0.15) is 0 Å². The third kappa shape index (κ3) is 4.02. The molecule has 4 heterocycles. The predicted molar refractivity (Wildman–Crippen MR) is 234 cm³/mol. The van der Waals surface area contributed by atoms with Crippen LogP contribution in [-0.4, -0.2) is 18.9 Å². The maximum atomic E-state index is 5.25. The number of hydrogen-bond acceptors (Lipinski definition) is 2. The Bertz CT molecular complexity index is 3760. The molecule has 13 rings (SSSR count). The van der Waals surface area contributed by atoms with Gasteiger partial charge in [0.25, 0.3) is 0 Å². The molecule has 0 radical (unpaired) electrons. The zero-order valence-corrected chi connectivity index (χ0v) is 30.1. The van der Waals surface area contributed by atoms with Crippen LogP contribution in [-0.2, 0) is 0 Å². The summed E-state index contributed by atoms with van der Waals surface area (Å²) in [5, 5.41) is 13.6. The van der Waals surface area contributed by atoms with Gasteiger partial charge < -0.3 is 8.97 Å². The van der Waals surface area contributed by atoms with Gasteiger partial charge in [0, 0.05) is 54.5 Å². The fraction of sp³-hybridized carbons (Fsp3) is 0. The number of rotatable bonds is 3. The highest BCUT2D eigenvalue weighted by atomic mass is 15.0. The van der Waals surface area contributed by atoms with Gasteiger partial charge >= 0.3 is 0 Å². The lowest BCUT2D eigenvalue weighted by Crippen LogP contribution is -1.97. The quantitative estimate of drug-likeness (QED) is 0.183. The van der Waals surface area contributed by atoms with Crippen LogP contribution in [0.3, 0.4) is 0 Å². The van der Waals surface area contributed by atoms with Crippen LogP contribution in [0.25, 0.3) is 121 Å². The summed E-state index contributed by atoms with van der Waals surface area (Å²) in [5.74, 6) is 0.715. The van der Waals surface area contributed by atoms with Gasteiger partial charge in [-0.25, -0.2) is 9.97 Å². The SMILES string of the molecule is c1ccc2cc(-c3nc(-c4ccc(-n5c6ccccc6c6c7c8cc9ccccc9cc8n8c9ccccc9c(cc65)c78)cc4)nc4ccccc34)ccc2c1. The summed E-state index contributed by atoms with van der Waals surface area (Å²) in [7, 11) is 0. The monoisotopic (exact) mass is 710 g/mol. The standard InChI is InChI=1S/C52H30N4/c1-2-12-33-27-36(22-21-31(33)11-1)50-39-16-5-8-18-43(39)53-52(54-50)32-23-25-37(26-24-32)55-45-20-10-7-17-40(45)48-47(55)30-41-38-15-6-9-19-44(38)56-46-29-35-14-4-3-13-34(35)28-42(46)49(48)51(41)56/h1-30H. The maximum Gasteiger partial charge on any atom is 0.160 e. The van der Waals surface area contributed by atoms with E-state index in [4.69, 9.17) is 9.97 Å². The second-order valence-electron chi connectivity index (χ2n) is 15.0. The topological polar surface area (TPSA) is 35.1 Å². The highest BCUT2D eigenvalue weighted by Gasteiger charge is 2.24. The molecule has 0 saturated heterocycles. The molecule has 0 spiro atoms. The van der Waals surface area contributed by atoms with E-state index in [0.717, 1.165) is 33.4 Å². The van der Waals surface area contributed by atoms with Crippen LogP contribution in [0.2, 0.25) is 0 Å². The molecule has 0 unspecified atom stereocenters. The first-order valence-corrected chi connectivity index (χ1v) is 19.2. The molecule has 0 aliphatic rings. The third-order valence-electron chi connectivity index (χ3n) is 12.0. The molecule has 9 aromatic carbocycles. The van der Waals surface area contributed by atoms with Crippen molar-refractivity contribution in [2.75, 3.05) is 0 Å². The van der Waals surface area contributed by atoms with Gasteiger partial charge in [0.15, 0.2) is 5.82 Å². The van der Waals surface area contributed by atoms with Crippen LogP contribution in [0.1, 0.15) is 0 Å². The Morgan fingerprint density at radius 2 is 1.00 bits per heavy atom. The lowest BCUT2D eigenvalue weighted by molar-refractivity contribution is 1.18. The molecule has 4 aromatic heterocycles. The second-order valence-corrected chi connectivity index (χ2v) is 15.0. The van der Waals surface area contributed by atoms with E-state index < -0.39 is 0 Å². The molecular weight excluding hydrogens is 681 g/mol. The zero-order chi connectivity index (χ0) is 36.5. The van der Waals surface area contributed by atoms with Crippen LogP contribution in [0.5, 0.6) is 0 Å². The molecule has 0 amide bonds. The van der Waals surface area contributed by atoms with Gasteiger partial charge in [-0.15, -0.1) is 0 Å². The summed E-state index contributed by atoms with van der Waals surface area (Å²) in [6, 6.07) is 65.8. The van der Waals surface area contributed by atoms with E-state index in [2.05, 4.69) is 191 Å². The molecule has 13 aromatic rings. The fourth-order valence-corrected chi connectivity index (χ4v) is 9.50. The normalized spacial score (nSPS) is 12.3. The Morgan fingerprint density at radius 1 is 0.357 bits per heavy atom. The van der Waals surface area contributed by atoms with Crippen molar-refractivity contribution in [2.45, 2.75) is 0 Å². The molecular formula is C52H30N4. The smallest absolute Gasteiger partial charge is 0.160 e. The molecule has 0 saturated carbocycles. The summed E-state index contributed by atoms with van der Waals surface area (Å²) in [5.41, 5.74) is 11.2. The van der Waals surface area contributed by atoms with Crippen LogP contribution in [0.4, 0.5) is 0 Å². The van der Waals surface area contributed by atoms with E-state index in [0.29, 0.717) is 5.82 Å². The van der Waals surface area contributed by atoms with Gasteiger partial charge in [-0.3, -0.25) is 0 Å². The third-order valence-corrected chi connectivity index (χ3v) is 12.0. The summed E-state index contributed by atoms with van der Waals surface area (Å²) in [4.78, 5) is 10.3. The number of fused-ring (bicyclic) bond motifs is 13. The Hall–Kier alpha value is -7.56. The fourth-order valence-electron chi connectivity index (χ4n) is 9.50. The van der Waals surface area contributed by atoms with Crippen LogP contribution < -0.4 is 0 Å². The lowest BCUT2D eigenvalue weighted by Gasteiger charge is -2.12. The van der Waals surface area contributed by atoms with Gasteiger partial charge in [0.2, 0.25) is 0 Å². The highest BCUT2D eigenvalue weighted by Crippen LogP contribution is 2.47. The molecule has 0 fully saturated rings. The molecule has 0 N–H and O–H groups in total. The van der Waals surface area contributed by atoms with Crippen molar-refractivity contribution in [1.82, 2.24) is 18.9 Å². The lowest BCUT2D eigenvalue weighted by atomic mass is 10.0. The molecule has 4 heteroatoms. The number of benzene rings is 9. The largest absolute Gasteiger partial charge is 0.309 e. The minimum absolute atomic E-state index is 0.715. The number of nitrogens with zero attached hydrogens (tertiary/aromatic N) is 4. The van der Waals surface area contributed by atoms with E-state index in [1.54, 1.807) is 0 Å². The minimum Gasteiger partial charge on any atom is -0.309 e. The van der Waals surface area contributed by atoms with Crippen LogP contribution in [0, 0.1) is 0 Å². The predicted octanol–water partition coefficient (Wildman–Crippen LogP) is 13.5. The first-order chi connectivity index (χ1) is 27.8. The maximum absolute atomic E-state index is 5.25. The Kier molecular flexibility index (Phi) is 5.86. The molecule has 0 aliphatic carbocycles. The summed E-state index contributed by atoms with van der Waals surface area (Å²) >= 11 is 0. The molecule has 0 aliphatic heterocycles. The van der Waals surface area contributed by atoms with E-state index >= 15 is 0 Å². The van der Waals surface area contributed by atoms with Crippen molar-refractivity contribution >= 4 is 92.3 Å². The molecule has 56 heavy (non-hydrogen) atoms. The van der Waals surface area contributed by atoms with Crippen molar-refractivity contribution < 1.29 is 0 Å². The van der Waals surface area contributed by atoms with E-state index in [-0.39, 0.29) is 0 Å². The average molecular weight is 711 g/mol.